The van der Waals surface area contributed by atoms with Crippen LogP contribution in [0.25, 0.3) is 0 Å². The number of benzene rings is 2. The molecule has 0 bridgehead atoms. The van der Waals surface area contributed by atoms with Crippen LogP contribution in [0.2, 0.25) is 5.02 Å². The number of carbonyl (C=O) groups is 1. The molecule has 1 amide bonds. The van der Waals surface area contributed by atoms with Crippen LogP contribution >= 0.6 is 11.6 Å². The molecule has 2 N–H and O–H groups in total. The third kappa shape index (κ3) is 5.78. The highest BCUT2D eigenvalue weighted by molar-refractivity contribution is 7.89. The molecule has 28 heavy (non-hydrogen) atoms. The van der Waals surface area contributed by atoms with Crippen molar-refractivity contribution in [1.29, 1.82) is 0 Å². The summed E-state index contributed by atoms with van der Waals surface area (Å²) in [5, 5.41) is 3.46. The Balaban J connectivity index is 1.57. The minimum Gasteiger partial charge on any atom is -0.377 e. The van der Waals surface area contributed by atoms with Crippen LogP contribution in [0.15, 0.2) is 53.4 Å². The van der Waals surface area contributed by atoms with Gasteiger partial charge in [-0.15, -0.1) is 0 Å². The van der Waals surface area contributed by atoms with Crippen molar-refractivity contribution in [3.63, 3.8) is 0 Å². The minimum atomic E-state index is -3.70. The smallest absolute Gasteiger partial charge is 0.251 e. The molecule has 2 aromatic rings. The Labute approximate surface area is 170 Å². The van der Waals surface area contributed by atoms with Crippen LogP contribution in [0.5, 0.6) is 0 Å². The summed E-state index contributed by atoms with van der Waals surface area (Å²) < 4.78 is 33.0. The van der Waals surface area contributed by atoms with Gasteiger partial charge in [-0.1, -0.05) is 29.8 Å². The van der Waals surface area contributed by atoms with E-state index in [1.165, 1.54) is 12.1 Å². The molecule has 1 aliphatic rings. The maximum Gasteiger partial charge on any atom is 0.251 e. The molecule has 150 valence electrons. The van der Waals surface area contributed by atoms with Crippen LogP contribution in [0.3, 0.4) is 0 Å². The second-order valence-corrected chi connectivity index (χ2v) is 8.85. The van der Waals surface area contributed by atoms with Gasteiger partial charge in [-0.2, -0.15) is 0 Å². The quantitative estimate of drug-likeness (QED) is 0.685. The monoisotopic (exact) mass is 422 g/mol. The lowest BCUT2D eigenvalue weighted by Gasteiger charge is -2.12. The second-order valence-electron chi connectivity index (χ2n) is 6.65. The largest absolute Gasteiger partial charge is 0.377 e. The fourth-order valence-corrected chi connectivity index (χ4v) is 4.34. The van der Waals surface area contributed by atoms with E-state index in [2.05, 4.69) is 10.0 Å². The molecule has 1 saturated heterocycles. The first kappa shape index (κ1) is 20.8. The molecule has 0 spiro atoms. The van der Waals surface area contributed by atoms with Gasteiger partial charge in [-0.25, -0.2) is 13.1 Å². The van der Waals surface area contributed by atoms with E-state index in [-0.39, 0.29) is 23.5 Å². The Hall–Kier alpha value is -1.93. The molecule has 1 fully saturated rings. The molecule has 8 heteroatoms. The van der Waals surface area contributed by atoms with Crippen LogP contribution in [0.1, 0.15) is 28.8 Å². The predicted octanol–water partition coefficient (Wildman–Crippen LogP) is 2.77. The summed E-state index contributed by atoms with van der Waals surface area (Å²) in [6.45, 7) is 1.32. The number of carbonyl (C=O) groups excluding carboxylic acids is 1. The highest BCUT2D eigenvalue weighted by Gasteiger charge is 2.21. The lowest BCUT2D eigenvalue weighted by atomic mass is 10.1. The van der Waals surface area contributed by atoms with Gasteiger partial charge >= 0.3 is 0 Å². The average molecular weight is 423 g/mol. The van der Waals surface area contributed by atoms with Gasteiger partial charge < -0.3 is 10.1 Å². The van der Waals surface area contributed by atoms with Gasteiger partial charge in [0.1, 0.15) is 0 Å². The summed E-state index contributed by atoms with van der Waals surface area (Å²) in [5.41, 5.74) is 1.31. The van der Waals surface area contributed by atoms with Crippen molar-refractivity contribution in [1.82, 2.24) is 10.0 Å². The SMILES string of the molecule is O=C(NCCc1cccc(Cl)c1)c1cccc(S(=O)(=O)NCC2CCCO2)c1. The Bertz CT molecular complexity index is 927. The van der Waals surface area contributed by atoms with E-state index < -0.39 is 10.0 Å². The van der Waals surface area contributed by atoms with Crippen molar-refractivity contribution in [3.05, 3.63) is 64.7 Å². The molecule has 1 unspecified atom stereocenters. The third-order valence-corrected chi connectivity index (χ3v) is 6.18. The molecule has 0 radical (unpaired) electrons. The van der Waals surface area contributed by atoms with Crippen LogP contribution in [-0.2, 0) is 21.2 Å². The molecule has 0 saturated carbocycles. The molecular weight excluding hydrogens is 400 g/mol. The Kier molecular flexibility index (Phi) is 7.07. The van der Waals surface area contributed by atoms with Gasteiger partial charge in [0.25, 0.3) is 5.91 Å². The standard InChI is InChI=1S/C20H23ClN2O4S/c21-17-6-1-4-15(12-17)9-10-22-20(24)16-5-2-8-19(13-16)28(25,26)23-14-18-7-3-11-27-18/h1-2,4-6,8,12-13,18,23H,3,7,9-11,14H2,(H,22,24). The molecule has 1 heterocycles. The van der Waals surface area contributed by atoms with E-state index >= 15 is 0 Å². The lowest BCUT2D eigenvalue weighted by molar-refractivity contribution is 0.0954. The van der Waals surface area contributed by atoms with E-state index in [4.69, 9.17) is 16.3 Å². The number of ether oxygens (including phenoxy) is 1. The summed E-state index contributed by atoms with van der Waals surface area (Å²) in [4.78, 5) is 12.4. The zero-order chi connectivity index (χ0) is 20.0. The first-order valence-corrected chi connectivity index (χ1v) is 11.0. The van der Waals surface area contributed by atoms with Gasteiger partial charge in [0.15, 0.2) is 0 Å². The first-order chi connectivity index (χ1) is 13.4. The van der Waals surface area contributed by atoms with E-state index in [0.29, 0.717) is 30.2 Å². The van der Waals surface area contributed by atoms with Crippen molar-refractivity contribution < 1.29 is 17.9 Å². The Morgan fingerprint density at radius 3 is 2.75 bits per heavy atom. The number of nitrogens with one attached hydrogen (secondary N) is 2. The van der Waals surface area contributed by atoms with Crippen LogP contribution < -0.4 is 10.0 Å². The minimum absolute atomic E-state index is 0.0630. The summed E-state index contributed by atoms with van der Waals surface area (Å²) in [5.74, 6) is -0.321. The van der Waals surface area contributed by atoms with Gasteiger partial charge in [0.2, 0.25) is 10.0 Å². The van der Waals surface area contributed by atoms with E-state index in [0.717, 1.165) is 18.4 Å². The number of hydrogen-bond donors (Lipinski definition) is 2. The number of amides is 1. The van der Waals surface area contributed by atoms with Gasteiger partial charge in [-0.3, -0.25) is 4.79 Å². The molecule has 3 rings (SSSR count). The van der Waals surface area contributed by atoms with Crippen molar-refractivity contribution in [2.24, 2.45) is 0 Å². The van der Waals surface area contributed by atoms with Crippen molar-refractivity contribution >= 4 is 27.5 Å². The maximum absolute atomic E-state index is 12.5. The zero-order valence-corrected chi connectivity index (χ0v) is 16.9. The van der Waals surface area contributed by atoms with E-state index in [1.54, 1.807) is 18.2 Å². The molecule has 1 aliphatic heterocycles. The van der Waals surface area contributed by atoms with E-state index in [9.17, 15) is 13.2 Å². The van der Waals surface area contributed by atoms with Gasteiger partial charge in [0.05, 0.1) is 11.0 Å². The van der Waals surface area contributed by atoms with Gasteiger partial charge in [0, 0.05) is 30.3 Å². The predicted molar refractivity (Wildman–Crippen MR) is 108 cm³/mol. The first-order valence-electron chi connectivity index (χ1n) is 9.18. The molecule has 6 nitrogen and oxygen atoms in total. The summed E-state index contributed by atoms with van der Waals surface area (Å²) >= 11 is 5.95. The zero-order valence-electron chi connectivity index (χ0n) is 15.4. The van der Waals surface area contributed by atoms with Crippen molar-refractivity contribution in [3.8, 4) is 0 Å². The topological polar surface area (TPSA) is 84.5 Å². The fourth-order valence-electron chi connectivity index (χ4n) is 3.01. The van der Waals surface area contributed by atoms with Crippen molar-refractivity contribution in [2.75, 3.05) is 19.7 Å². The number of halogens is 1. The average Bonchev–Trinajstić information content (AvgIpc) is 3.20. The maximum atomic E-state index is 12.5. The molecule has 1 atom stereocenters. The van der Waals surface area contributed by atoms with Crippen LogP contribution in [0.4, 0.5) is 0 Å². The summed E-state index contributed by atoms with van der Waals surface area (Å²) in [6.07, 6.45) is 2.33. The summed E-state index contributed by atoms with van der Waals surface area (Å²) in [6, 6.07) is 13.4. The van der Waals surface area contributed by atoms with E-state index in [1.807, 2.05) is 18.2 Å². The highest BCUT2D eigenvalue weighted by atomic mass is 35.5. The molecule has 2 aromatic carbocycles. The second kappa shape index (κ2) is 9.52. The Morgan fingerprint density at radius 2 is 2.00 bits per heavy atom. The molecule has 0 aromatic heterocycles. The highest BCUT2D eigenvalue weighted by Crippen LogP contribution is 2.15. The molecule has 0 aliphatic carbocycles. The van der Waals surface area contributed by atoms with Crippen molar-refractivity contribution in [2.45, 2.75) is 30.3 Å². The van der Waals surface area contributed by atoms with Gasteiger partial charge in [-0.05, 0) is 55.2 Å². The normalized spacial score (nSPS) is 16.8. The summed E-state index contributed by atoms with van der Waals surface area (Å²) in [7, 11) is -3.70. The van der Waals surface area contributed by atoms with Crippen LogP contribution in [-0.4, -0.2) is 40.1 Å². The van der Waals surface area contributed by atoms with Crippen LogP contribution in [0, 0.1) is 0 Å². The number of hydrogen-bond acceptors (Lipinski definition) is 4. The fraction of sp³-hybridized carbons (Fsp3) is 0.350. The molecular formula is C20H23ClN2O4S. The lowest BCUT2D eigenvalue weighted by Crippen LogP contribution is -2.32. The third-order valence-electron chi connectivity index (χ3n) is 4.52. The number of rotatable bonds is 8. The number of sulfonamides is 1. The Morgan fingerprint density at radius 1 is 1.18 bits per heavy atom.